The van der Waals surface area contributed by atoms with Gasteiger partial charge in [-0.2, -0.15) is 0 Å². The van der Waals surface area contributed by atoms with E-state index in [-0.39, 0.29) is 11.9 Å². The van der Waals surface area contributed by atoms with E-state index < -0.39 is 0 Å². The van der Waals surface area contributed by atoms with Gasteiger partial charge < -0.3 is 24.4 Å². The normalized spacial score (nSPS) is 15.4. The van der Waals surface area contributed by atoms with Crippen LogP contribution in [-0.4, -0.2) is 63.8 Å². The third kappa shape index (κ3) is 7.03. The standard InChI is InChI=1S/C21H33N3O4/c1-4-28-20(25)18-10-13-24(14-11-18)21(22-2)23-12-5-15-27-16-17-6-8-19(26-3)9-7-17/h6-9,18H,4-5,10-16H2,1-3H3,(H,22,23). The zero-order chi connectivity index (χ0) is 20.2. The number of carbonyl (C=O) groups excluding carboxylic acids is 1. The first kappa shape index (κ1) is 22.0. The number of likely N-dealkylation sites (tertiary alicyclic amines) is 1. The molecular formula is C21H33N3O4. The van der Waals surface area contributed by atoms with Gasteiger partial charge in [0, 0.05) is 33.3 Å². The first-order valence-corrected chi connectivity index (χ1v) is 10.0. The highest BCUT2D eigenvalue weighted by Crippen LogP contribution is 2.18. The molecule has 1 aromatic carbocycles. The molecule has 0 unspecified atom stereocenters. The van der Waals surface area contributed by atoms with Crippen molar-refractivity contribution in [3.8, 4) is 5.75 Å². The topological polar surface area (TPSA) is 72.4 Å². The van der Waals surface area contributed by atoms with E-state index in [9.17, 15) is 4.79 Å². The van der Waals surface area contributed by atoms with E-state index >= 15 is 0 Å². The van der Waals surface area contributed by atoms with E-state index in [0.717, 1.165) is 56.2 Å². The van der Waals surface area contributed by atoms with Crippen LogP contribution in [0.4, 0.5) is 0 Å². The predicted octanol–water partition coefficient (Wildman–Crippen LogP) is 2.45. The number of nitrogens with zero attached hydrogens (tertiary/aromatic N) is 2. The van der Waals surface area contributed by atoms with Crippen molar-refractivity contribution >= 4 is 11.9 Å². The minimum absolute atomic E-state index is 0.0145. The van der Waals surface area contributed by atoms with Crippen LogP contribution < -0.4 is 10.1 Å². The lowest BCUT2D eigenvalue weighted by molar-refractivity contribution is -0.149. The number of guanidine groups is 1. The van der Waals surface area contributed by atoms with Crippen molar-refractivity contribution in [2.45, 2.75) is 32.8 Å². The summed E-state index contributed by atoms with van der Waals surface area (Å²) in [6, 6.07) is 7.91. The van der Waals surface area contributed by atoms with Crippen LogP contribution in [0.5, 0.6) is 5.75 Å². The molecule has 28 heavy (non-hydrogen) atoms. The molecule has 0 atom stereocenters. The summed E-state index contributed by atoms with van der Waals surface area (Å²) in [6.45, 7) is 6.00. The lowest BCUT2D eigenvalue weighted by Gasteiger charge is -2.33. The molecule has 156 valence electrons. The zero-order valence-corrected chi connectivity index (χ0v) is 17.3. The molecule has 7 nitrogen and oxygen atoms in total. The molecule has 1 aromatic rings. The Morgan fingerprint density at radius 2 is 1.96 bits per heavy atom. The molecule has 0 amide bonds. The number of hydrogen-bond acceptors (Lipinski definition) is 5. The van der Waals surface area contributed by atoms with E-state index in [1.165, 1.54) is 0 Å². The van der Waals surface area contributed by atoms with Crippen molar-refractivity contribution in [3.63, 3.8) is 0 Å². The lowest BCUT2D eigenvalue weighted by atomic mass is 9.97. The van der Waals surface area contributed by atoms with Gasteiger partial charge in [-0.1, -0.05) is 12.1 Å². The smallest absolute Gasteiger partial charge is 0.309 e. The largest absolute Gasteiger partial charge is 0.497 e. The number of methoxy groups -OCH3 is 1. The van der Waals surface area contributed by atoms with Gasteiger partial charge in [0.2, 0.25) is 0 Å². The Morgan fingerprint density at radius 3 is 2.57 bits per heavy atom. The average molecular weight is 392 g/mol. The second kappa shape index (κ2) is 12.2. The van der Waals surface area contributed by atoms with E-state index in [4.69, 9.17) is 14.2 Å². The number of esters is 1. The number of rotatable bonds is 9. The molecule has 1 fully saturated rings. The summed E-state index contributed by atoms with van der Waals surface area (Å²) >= 11 is 0. The van der Waals surface area contributed by atoms with Crippen LogP contribution in [0.15, 0.2) is 29.3 Å². The monoisotopic (exact) mass is 391 g/mol. The van der Waals surface area contributed by atoms with Crippen molar-refractivity contribution in [3.05, 3.63) is 29.8 Å². The number of hydrogen-bond donors (Lipinski definition) is 1. The number of aliphatic imine (C=N–C) groups is 1. The Balaban J connectivity index is 1.60. The van der Waals surface area contributed by atoms with Crippen molar-refractivity contribution < 1.29 is 19.0 Å². The highest BCUT2D eigenvalue weighted by molar-refractivity contribution is 5.80. The molecule has 1 aliphatic heterocycles. The van der Waals surface area contributed by atoms with Gasteiger partial charge in [0.15, 0.2) is 5.96 Å². The van der Waals surface area contributed by atoms with Gasteiger partial charge in [0.25, 0.3) is 0 Å². The zero-order valence-electron chi connectivity index (χ0n) is 17.3. The summed E-state index contributed by atoms with van der Waals surface area (Å²) < 4.78 is 16.0. The minimum Gasteiger partial charge on any atom is -0.497 e. The SMILES string of the molecule is CCOC(=O)C1CCN(C(=NC)NCCCOCc2ccc(OC)cc2)CC1. The number of nitrogens with one attached hydrogen (secondary N) is 1. The fourth-order valence-electron chi connectivity index (χ4n) is 3.21. The summed E-state index contributed by atoms with van der Waals surface area (Å²) in [4.78, 5) is 18.4. The van der Waals surface area contributed by atoms with Gasteiger partial charge in [-0.15, -0.1) is 0 Å². The summed E-state index contributed by atoms with van der Waals surface area (Å²) in [6.07, 6.45) is 2.52. The number of ether oxygens (including phenoxy) is 3. The van der Waals surface area contributed by atoms with Gasteiger partial charge in [-0.3, -0.25) is 9.79 Å². The molecule has 0 radical (unpaired) electrons. The molecule has 2 rings (SSSR count). The Labute approximate surface area is 168 Å². The molecule has 1 N–H and O–H groups in total. The minimum atomic E-state index is -0.0703. The molecule has 0 aliphatic carbocycles. The van der Waals surface area contributed by atoms with Crippen LogP contribution in [0.1, 0.15) is 31.7 Å². The Bertz CT molecular complexity index is 611. The number of benzene rings is 1. The first-order chi connectivity index (χ1) is 13.7. The van der Waals surface area contributed by atoms with Gasteiger partial charge in [0.05, 0.1) is 26.2 Å². The van der Waals surface area contributed by atoms with Gasteiger partial charge in [-0.05, 0) is 43.9 Å². The Hall–Kier alpha value is -2.28. The quantitative estimate of drug-likeness (QED) is 0.302. The second-order valence-electron chi connectivity index (χ2n) is 6.74. The van der Waals surface area contributed by atoms with Gasteiger partial charge in [-0.25, -0.2) is 0 Å². The van der Waals surface area contributed by atoms with E-state index in [2.05, 4.69) is 15.2 Å². The van der Waals surface area contributed by atoms with Crippen LogP contribution >= 0.6 is 0 Å². The van der Waals surface area contributed by atoms with Crippen LogP contribution in [0.3, 0.4) is 0 Å². The van der Waals surface area contributed by atoms with Crippen LogP contribution in [-0.2, 0) is 20.9 Å². The molecule has 0 saturated carbocycles. The summed E-state index contributed by atoms with van der Waals surface area (Å²) in [7, 11) is 3.45. The summed E-state index contributed by atoms with van der Waals surface area (Å²) in [5.41, 5.74) is 1.13. The molecule has 1 saturated heterocycles. The number of carbonyl (C=O) groups is 1. The van der Waals surface area contributed by atoms with E-state index in [0.29, 0.717) is 19.8 Å². The van der Waals surface area contributed by atoms with Gasteiger partial charge >= 0.3 is 5.97 Å². The second-order valence-corrected chi connectivity index (χ2v) is 6.74. The third-order valence-corrected chi connectivity index (χ3v) is 4.80. The predicted molar refractivity (Wildman–Crippen MR) is 110 cm³/mol. The highest BCUT2D eigenvalue weighted by Gasteiger charge is 2.27. The number of piperidine rings is 1. The molecule has 0 bridgehead atoms. The Kier molecular flexibility index (Phi) is 9.62. The first-order valence-electron chi connectivity index (χ1n) is 10.0. The van der Waals surface area contributed by atoms with Crippen molar-refractivity contribution in [2.24, 2.45) is 10.9 Å². The summed E-state index contributed by atoms with van der Waals surface area (Å²) in [5.74, 6) is 1.68. The fourth-order valence-corrected chi connectivity index (χ4v) is 3.21. The average Bonchev–Trinajstić information content (AvgIpc) is 2.74. The fraction of sp³-hybridized carbons (Fsp3) is 0.619. The van der Waals surface area contributed by atoms with Crippen molar-refractivity contribution in [2.75, 3.05) is 47.0 Å². The van der Waals surface area contributed by atoms with Crippen molar-refractivity contribution in [1.29, 1.82) is 0 Å². The highest BCUT2D eigenvalue weighted by atomic mass is 16.5. The Morgan fingerprint density at radius 1 is 1.25 bits per heavy atom. The van der Waals surface area contributed by atoms with E-state index in [1.807, 2.05) is 31.2 Å². The molecule has 0 spiro atoms. The van der Waals surface area contributed by atoms with Crippen molar-refractivity contribution in [1.82, 2.24) is 10.2 Å². The maximum absolute atomic E-state index is 11.8. The van der Waals surface area contributed by atoms with Crippen LogP contribution in [0, 0.1) is 5.92 Å². The molecule has 1 aliphatic rings. The summed E-state index contributed by atoms with van der Waals surface area (Å²) in [5, 5.41) is 3.39. The maximum atomic E-state index is 11.8. The molecular weight excluding hydrogens is 358 g/mol. The maximum Gasteiger partial charge on any atom is 0.309 e. The van der Waals surface area contributed by atoms with Crippen LogP contribution in [0.2, 0.25) is 0 Å². The van der Waals surface area contributed by atoms with E-state index in [1.54, 1.807) is 14.2 Å². The third-order valence-electron chi connectivity index (χ3n) is 4.80. The lowest BCUT2D eigenvalue weighted by Crippen LogP contribution is -2.47. The van der Waals surface area contributed by atoms with Crippen LogP contribution in [0.25, 0.3) is 0 Å². The molecule has 0 aromatic heterocycles. The molecule has 1 heterocycles. The molecule has 7 heteroatoms. The van der Waals surface area contributed by atoms with Gasteiger partial charge in [0.1, 0.15) is 5.75 Å².